The van der Waals surface area contributed by atoms with Gasteiger partial charge in [-0.3, -0.25) is 4.79 Å². The van der Waals surface area contributed by atoms with Crippen molar-refractivity contribution in [3.05, 3.63) is 102 Å². The Kier molecular flexibility index (Phi) is 5.26. The third kappa shape index (κ3) is 4.03. The minimum Gasteiger partial charge on any atom is -0.508 e. The maximum Gasteiger partial charge on any atom is 0.240 e. The van der Waals surface area contributed by atoms with E-state index < -0.39 is 0 Å². The van der Waals surface area contributed by atoms with E-state index in [0.717, 1.165) is 33.8 Å². The number of phenolic OH excluding ortho intramolecular Hbond substituents is 1. The number of hydrogen-bond acceptors (Lipinski definition) is 4. The number of phenols is 1. The van der Waals surface area contributed by atoms with Crippen LogP contribution in [-0.2, 0) is 4.79 Å². The molecule has 6 nitrogen and oxygen atoms in total. The van der Waals surface area contributed by atoms with Gasteiger partial charge in [0.15, 0.2) is 0 Å². The van der Waals surface area contributed by atoms with Crippen LogP contribution >= 0.6 is 0 Å². The number of benzene rings is 3. The molecule has 1 aliphatic heterocycles. The molecule has 2 heterocycles. The first-order chi connectivity index (χ1) is 16.0. The van der Waals surface area contributed by atoms with Crippen molar-refractivity contribution in [3.8, 4) is 22.7 Å². The number of carbonyl (C=O) groups is 1. The number of hydrazone groups is 1. The second-order valence-electron chi connectivity index (χ2n) is 8.26. The summed E-state index contributed by atoms with van der Waals surface area (Å²) in [5.74, 6) is 0.0303. The van der Waals surface area contributed by atoms with E-state index in [2.05, 4.69) is 36.3 Å². The zero-order valence-corrected chi connectivity index (χ0v) is 18.5. The number of aromatic hydroxyl groups is 1. The van der Waals surface area contributed by atoms with Gasteiger partial charge < -0.3 is 5.11 Å². The highest BCUT2D eigenvalue weighted by Gasteiger charge is 2.34. The molecule has 0 aliphatic carbocycles. The van der Waals surface area contributed by atoms with Gasteiger partial charge in [0.25, 0.3) is 0 Å². The topological polar surface area (TPSA) is 70.7 Å². The quantitative estimate of drug-likeness (QED) is 0.475. The summed E-state index contributed by atoms with van der Waals surface area (Å²) in [7, 11) is 0. The molecule has 1 aliphatic rings. The lowest BCUT2D eigenvalue weighted by Gasteiger charge is -2.20. The van der Waals surface area contributed by atoms with Crippen molar-refractivity contribution in [1.82, 2.24) is 14.8 Å². The summed E-state index contributed by atoms with van der Waals surface area (Å²) >= 11 is 0. The van der Waals surface area contributed by atoms with E-state index in [9.17, 15) is 9.90 Å². The van der Waals surface area contributed by atoms with Gasteiger partial charge in [-0.25, -0.2) is 9.69 Å². The lowest BCUT2D eigenvalue weighted by Crippen LogP contribution is -2.24. The Balaban J connectivity index is 1.62. The molecule has 0 radical (unpaired) electrons. The summed E-state index contributed by atoms with van der Waals surface area (Å²) in [6, 6.07) is 24.8. The lowest BCUT2D eigenvalue weighted by atomic mass is 9.96. The van der Waals surface area contributed by atoms with E-state index in [-0.39, 0.29) is 17.7 Å². The van der Waals surface area contributed by atoms with E-state index in [4.69, 9.17) is 5.10 Å². The van der Waals surface area contributed by atoms with Crippen molar-refractivity contribution in [2.45, 2.75) is 26.3 Å². The van der Waals surface area contributed by atoms with Crippen LogP contribution in [0.2, 0.25) is 0 Å². The van der Waals surface area contributed by atoms with Crippen molar-refractivity contribution < 1.29 is 9.90 Å². The first-order valence-corrected chi connectivity index (χ1v) is 10.9. The Morgan fingerprint density at radius 2 is 1.73 bits per heavy atom. The molecule has 1 unspecified atom stereocenters. The third-order valence-corrected chi connectivity index (χ3v) is 5.86. The number of carbonyl (C=O) groups excluding carboxylic acids is 1. The third-order valence-electron chi connectivity index (χ3n) is 5.86. The van der Waals surface area contributed by atoms with Crippen LogP contribution < -0.4 is 0 Å². The first-order valence-electron chi connectivity index (χ1n) is 10.9. The number of amides is 1. The van der Waals surface area contributed by atoms with Gasteiger partial charge in [-0.1, -0.05) is 60.2 Å². The first kappa shape index (κ1) is 20.7. The van der Waals surface area contributed by atoms with Gasteiger partial charge in [-0.15, -0.1) is 0 Å². The fraction of sp³-hybridized carbons (Fsp3) is 0.148. The fourth-order valence-corrected chi connectivity index (χ4v) is 4.18. The number of para-hydroxylation sites is 1. The molecule has 1 atom stereocenters. The summed E-state index contributed by atoms with van der Waals surface area (Å²) in [4.78, 5) is 12.6. The zero-order valence-electron chi connectivity index (χ0n) is 18.5. The van der Waals surface area contributed by atoms with Gasteiger partial charge in [0, 0.05) is 36.2 Å². The van der Waals surface area contributed by atoms with Gasteiger partial charge in [-0.05, 0) is 31.2 Å². The largest absolute Gasteiger partial charge is 0.508 e. The van der Waals surface area contributed by atoms with Crippen LogP contribution in [0.3, 0.4) is 0 Å². The van der Waals surface area contributed by atoms with Gasteiger partial charge in [0.05, 0.1) is 23.1 Å². The van der Waals surface area contributed by atoms with Gasteiger partial charge in [0.1, 0.15) is 5.75 Å². The maximum absolute atomic E-state index is 12.6. The molecule has 33 heavy (non-hydrogen) atoms. The van der Waals surface area contributed by atoms with Gasteiger partial charge >= 0.3 is 0 Å². The SMILES string of the molecule is CC(=O)N1N=C(c2cccc(O)c2)CC1c1cn(-c2ccccc2)nc1-c1ccc(C)cc1. The molecule has 4 aromatic rings. The van der Waals surface area contributed by atoms with Crippen LogP contribution in [0.15, 0.2) is 90.2 Å². The van der Waals surface area contributed by atoms with Crippen LogP contribution in [-0.4, -0.2) is 31.5 Å². The highest BCUT2D eigenvalue weighted by molar-refractivity contribution is 6.03. The normalized spacial score (nSPS) is 15.5. The summed E-state index contributed by atoms with van der Waals surface area (Å²) in [6.45, 7) is 3.58. The molecule has 6 heteroatoms. The molecule has 0 spiro atoms. The predicted octanol–water partition coefficient (Wildman–Crippen LogP) is 5.25. The molecule has 3 aromatic carbocycles. The summed E-state index contributed by atoms with van der Waals surface area (Å²) in [5, 5.41) is 21.0. The van der Waals surface area contributed by atoms with Crippen molar-refractivity contribution >= 4 is 11.6 Å². The van der Waals surface area contributed by atoms with Gasteiger partial charge in [-0.2, -0.15) is 10.2 Å². The maximum atomic E-state index is 12.6. The van der Waals surface area contributed by atoms with E-state index >= 15 is 0 Å². The summed E-state index contributed by atoms with van der Waals surface area (Å²) in [5.41, 5.74) is 6.41. The molecule has 0 bridgehead atoms. The van der Waals surface area contributed by atoms with Crippen LogP contribution in [0, 0.1) is 6.92 Å². The smallest absolute Gasteiger partial charge is 0.240 e. The van der Waals surface area contributed by atoms with E-state index in [0.29, 0.717) is 6.42 Å². The number of nitrogens with zero attached hydrogens (tertiary/aromatic N) is 4. The minimum atomic E-state index is -0.298. The molecule has 0 fully saturated rings. The van der Waals surface area contributed by atoms with E-state index in [1.165, 1.54) is 17.5 Å². The standard InChI is InChI=1S/C27H24N4O2/c1-18-11-13-20(14-12-18)27-24(17-30(29-27)22-8-4-3-5-9-22)26-16-25(28-31(26)19(2)32)21-7-6-10-23(33)15-21/h3-15,17,26,33H,16H2,1-2H3. The van der Waals surface area contributed by atoms with Crippen molar-refractivity contribution in [3.63, 3.8) is 0 Å². The molecule has 0 saturated carbocycles. The molecular weight excluding hydrogens is 412 g/mol. The number of aryl methyl sites for hydroxylation is 1. The van der Waals surface area contributed by atoms with Crippen LogP contribution in [0.25, 0.3) is 16.9 Å². The Hall–Kier alpha value is -4.19. The van der Waals surface area contributed by atoms with Crippen molar-refractivity contribution in [2.24, 2.45) is 5.10 Å². The highest BCUT2D eigenvalue weighted by atomic mass is 16.3. The molecule has 1 N–H and O–H groups in total. The molecule has 164 valence electrons. The Morgan fingerprint density at radius 3 is 2.42 bits per heavy atom. The van der Waals surface area contributed by atoms with E-state index in [1.807, 2.05) is 47.3 Å². The number of aromatic nitrogens is 2. The number of hydrogen-bond donors (Lipinski definition) is 1. The minimum absolute atomic E-state index is 0.141. The Morgan fingerprint density at radius 1 is 0.970 bits per heavy atom. The van der Waals surface area contributed by atoms with Gasteiger partial charge in [0.2, 0.25) is 5.91 Å². The molecule has 0 saturated heterocycles. The average molecular weight is 437 g/mol. The van der Waals surface area contributed by atoms with Crippen LogP contribution in [0.5, 0.6) is 5.75 Å². The second kappa shape index (κ2) is 8.39. The van der Waals surface area contributed by atoms with E-state index in [1.54, 1.807) is 18.2 Å². The molecule has 5 rings (SSSR count). The zero-order chi connectivity index (χ0) is 22.9. The summed E-state index contributed by atoms with van der Waals surface area (Å²) in [6.07, 6.45) is 2.52. The fourth-order valence-electron chi connectivity index (χ4n) is 4.18. The van der Waals surface area contributed by atoms with Crippen LogP contribution in [0.4, 0.5) is 0 Å². The molecular formula is C27H24N4O2. The molecule has 1 amide bonds. The summed E-state index contributed by atoms with van der Waals surface area (Å²) < 4.78 is 1.86. The lowest BCUT2D eigenvalue weighted by molar-refractivity contribution is -0.130. The van der Waals surface area contributed by atoms with Crippen molar-refractivity contribution in [1.29, 1.82) is 0 Å². The van der Waals surface area contributed by atoms with Crippen LogP contribution in [0.1, 0.15) is 36.1 Å². The number of rotatable bonds is 4. The Labute approximate surface area is 192 Å². The Bertz CT molecular complexity index is 1340. The second-order valence-corrected chi connectivity index (χ2v) is 8.26. The average Bonchev–Trinajstić information content (AvgIpc) is 3.45. The van der Waals surface area contributed by atoms with Crippen molar-refractivity contribution in [2.75, 3.05) is 0 Å². The molecule has 1 aromatic heterocycles. The highest BCUT2D eigenvalue weighted by Crippen LogP contribution is 2.38. The monoisotopic (exact) mass is 436 g/mol. The predicted molar refractivity (Wildman–Crippen MR) is 128 cm³/mol.